The summed E-state index contributed by atoms with van der Waals surface area (Å²) in [6.07, 6.45) is -12.7. The van der Waals surface area contributed by atoms with Gasteiger partial charge >= 0.3 is 18.0 Å². The van der Waals surface area contributed by atoms with E-state index in [1.807, 2.05) is 6.07 Å². The van der Waals surface area contributed by atoms with Crippen molar-refractivity contribution >= 4 is 39.1 Å². The zero-order valence-electron chi connectivity index (χ0n) is 21.4. The molecule has 0 heterocycles. The predicted octanol–water partition coefficient (Wildman–Crippen LogP) is 8.09. The number of halogens is 8. The van der Waals surface area contributed by atoms with E-state index in [0.717, 1.165) is 0 Å². The van der Waals surface area contributed by atoms with E-state index in [4.69, 9.17) is 5.26 Å². The Hall–Kier alpha value is -3.92. The highest BCUT2D eigenvalue weighted by Crippen LogP contribution is 2.54. The summed E-state index contributed by atoms with van der Waals surface area (Å²) in [5.41, 5.74) is -6.62. The fourth-order valence-corrected chi connectivity index (χ4v) is 4.66. The number of alkyl halides is 7. The van der Waals surface area contributed by atoms with E-state index in [-0.39, 0.29) is 29.8 Å². The third kappa shape index (κ3) is 6.22. The first-order chi connectivity index (χ1) is 19.1. The summed E-state index contributed by atoms with van der Waals surface area (Å²) in [5, 5.41) is 11.4. The van der Waals surface area contributed by atoms with Crippen LogP contribution in [0.2, 0.25) is 0 Å². The molecular weight excluding hydrogens is 623 g/mol. The lowest BCUT2D eigenvalue weighted by Crippen LogP contribution is -2.50. The highest BCUT2D eigenvalue weighted by molar-refractivity contribution is 9.10. The Balaban J connectivity index is 1.95. The van der Waals surface area contributed by atoms with Crippen LogP contribution >= 0.6 is 15.9 Å². The number of nitrogens with one attached hydrogen (secondary N) is 1. The molecule has 216 valence electrons. The summed E-state index contributed by atoms with van der Waals surface area (Å²) in [4.78, 5) is 27.6. The molecule has 0 atom stereocenters. The largest absolute Gasteiger partial charge is 0.435 e. The number of amides is 2. The van der Waals surface area contributed by atoms with E-state index in [1.54, 1.807) is 13.0 Å². The van der Waals surface area contributed by atoms with Crippen molar-refractivity contribution in [2.24, 2.45) is 0 Å². The highest BCUT2D eigenvalue weighted by Gasteiger charge is 2.73. The lowest BCUT2D eigenvalue weighted by molar-refractivity contribution is -0.348. The van der Waals surface area contributed by atoms with Crippen LogP contribution in [0.25, 0.3) is 0 Å². The average molecular weight is 644 g/mol. The van der Waals surface area contributed by atoms with Gasteiger partial charge < -0.3 is 10.2 Å². The molecule has 0 bridgehead atoms. The van der Waals surface area contributed by atoms with E-state index in [1.165, 1.54) is 54.3 Å². The molecule has 3 aromatic carbocycles. The van der Waals surface area contributed by atoms with Crippen LogP contribution in [0, 0.1) is 11.3 Å². The van der Waals surface area contributed by atoms with Gasteiger partial charge in [0.2, 0.25) is 0 Å². The van der Waals surface area contributed by atoms with Crippen LogP contribution in [0.5, 0.6) is 0 Å². The second-order valence-electron chi connectivity index (χ2n) is 8.74. The highest BCUT2D eigenvalue weighted by atomic mass is 79.9. The molecule has 0 fully saturated rings. The van der Waals surface area contributed by atoms with Crippen LogP contribution in [0.1, 0.15) is 51.3 Å². The summed E-state index contributed by atoms with van der Waals surface area (Å²) in [7, 11) is 0. The summed E-state index contributed by atoms with van der Waals surface area (Å²) in [6, 6.07) is 14.5. The van der Waals surface area contributed by atoms with Gasteiger partial charge in [-0.3, -0.25) is 9.59 Å². The van der Waals surface area contributed by atoms with Crippen LogP contribution in [0.4, 0.5) is 42.1 Å². The maximum Gasteiger partial charge on any atom is 0.435 e. The summed E-state index contributed by atoms with van der Waals surface area (Å²) in [6.45, 7) is 3.32. The van der Waals surface area contributed by atoms with Gasteiger partial charge in [-0.25, -0.2) is 4.39 Å². The van der Waals surface area contributed by atoms with Gasteiger partial charge in [-0.1, -0.05) is 13.0 Å². The Bertz CT molecular complexity index is 1480. The Morgan fingerprint density at radius 2 is 1.51 bits per heavy atom. The first-order valence-electron chi connectivity index (χ1n) is 12.0. The molecule has 41 heavy (non-hydrogen) atoms. The predicted molar refractivity (Wildman–Crippen MR) is 141 cm³/mol. The van der Waals surface area contributed by atoms with Crippen LogP contribution in [-0.4, -0.2) is 30.7 Å². The standard InChI is InChI=1S/C28H21BrF7N3O2/c1-3-17-12-20(26(30,27(31,32)33)28(34,35)36)14-22(29)23(17)38-24(40)19-6-5-7-21(13-19)39(4-2)25(41)18-10-8-16(15-37)9-11-18/h5-14H,3-4H2,1-2H3,(H,38,40). The van der Waals surface area contributed by atoms with E-state index in [9.17, 15) is 40.3 Å². The van der Waals surface area contributed by atoms with Gasteiger partial charge in [0.25, 0.3) is 11.8 Å². The van der Waals surface area contributed by atoms with Crippen molar-refractivity contribution in [2.75, 3.05) is 16.8 Å². The van der Waals surface area contributed by atoms with Crippen LogP contribution in [0.15, 0.2) is 65.1 Å². The Morgan fingerprint density at radius 3 is 2.02 bits per heavy atom. The van der Waals surface area contributed by atoms with Crippen LogP contribution in [-0.2, 0) is 12.1 Å². The quantitative estimate of drug-likeness (QED) is 0.265. The van der Waals surface area contributed by atoms with Crippen LogP contribution in [0.3, 0.4) is 0 Å². The van der Waals surface area contributed by atoms with Crippen molar-refractivity contribution in [3.05, 3.63) is 93.0 Å². The Labute approximate surface area is 238 Å². The molecule has 13 heteroatoms. The minimum Gasteiger partial charge on any atom is -0.321 e. The van der Waals surface area contributed by atoms with E-state index in [0.29, 0.717) is 28.9 Å². The van der Waals surface area contributed by atoms with Crippen molar-refractivity contribution in [1.82, 2.24) is 0 Å². The molecule has 0 saturated heterocycles. The number of carbonyl (C=O) groups is 2. The molecule has 0 aromatic heterocycles. The number of anilines is 2. The van der Waals surface area contributed by atoms with Gasteiger partial charge in [0.1, 0.15) is 0 Å². The minimum atomic E-state index is -6.29. The first kappa shape index (κ1) is 31.6. The van der Waals surface area contributed by atoms with Crippen molar-refractivity contribution in [2.45, 2.75) is 38.3 Å². The number of benzene rings is 3. The normalized spacial score (nSPS) is 12.0. The number of aryl methyl sites for hydroxylation is 1. The van der Waals surface area contributed by atoms with E-state index < -0.39 is 39.9 Å². The van der Waals surface area contributed by atoms with Gasteiger partial charge in [-0.05, 0) is 89.4 Å². The zero-order valence-corrected chi connectivity index (χ0v) is 23.0. The lowest BCUT2D eigenvalue weighted by Gasteiger charge is -2.31. The molecule has 0 spiro atoms. The minimum absolute atomic E-state index is 0.0250. The summed E-state index contributed by atoms with van der Waals surface area (Å²) < 4.78 is 94.1. The third-order valence-electron chi connectivity index (χ3n) is 6.21. The topological polar surface area (TPSA) is 73.2 Å². The molecule has 0 aliphatic carbocycles. The molecular formula is C28H21BrF7N3O2. The van der Waals surface area contributed by atoms with Gasteiger partial charge in [0.05, 0.1) is 17.3 Å². The van der Waals surface area contributed by atoms with Gasteiger partial charge in [0, 0.05) is 33.4 Å². The average Bonchev–Trinajstić information content (AvgIpc) is 2.92. The fourth-order valence-electron chi connectivity index (χ4n) is 4.06. The van der Waals surface area contributed by atoms with Crippen molar-refractivity contribution in [3.63, 3.8) is 0 Å². The maximum absolute atomic E-state index is 14.7. The number of hydrogen-bond acceptors (Lipinski definition) is 3. The number of nitrogens with zero attached hydrogens (tertiary/aromatic N) is 2. The molecule has 0 aliphatic heterocycles. The summed E-state index contributed by atoms with van der Waals surface area (Å²) in [5.74, 6) is -1.19. The second-order valence-corrected chi connectivity index (χ2v) is 9.60. The monoisotopic (exact) mass is 643 g/mol. The smallest absolute Gasteiger partial charge is 0.321 e. The molecule has 0 saturated carbocycles. The molecule has 3 aromatic rings. The van der Waals surface area contributed by atoms with Crippen LogP contribution < -0.4 is 10.2 Å². The Kier molecular flexibility index (Phi) is 9.17. The van der Waals surface area contributed by atoms with Crippen molar-refractivity contribution < 1.29 is 40.3 Å². The van der Waals surface area contributed by atoms with Gasteiger partial charge in [-0.15, -0.1) is 0 Å². The fraction of sp³-hybridized carbons (Fsp3) is 0.250. The molecule has 0 aliphatic rings. The molecule has 0 radical (unpaired) electrons. The number of nitriles is 1. The van der Waals surface area contributed by atoms with Gasteiger partial charge in [-0.2, -0.15) is 31.6 Å². The summed E-state index contributed by atoms with van der Waals surface area (Å²) >= 11 is 2.88. The molecule has 2 amide bonds. The van der Waals surface area contributed by atoms with E-state index >= 15 is 0 Å². The van der Waals surface area contributed by atoms with Crippen molar-refractivity contribution in [1.29, 1.82) is 5.26 Å². The third-order valence-corrected chi connectivity index (χ3v) is 6.84. The van der Waals surface area contributed by atoms with Gasteiger partial charge in [0.15, 0.2) is 0 Å². The molecule has 1 N–H and O–H groups in total. The maximum atomic E-state index is 14.7. The number of hydrogen-bond donors (Lipinski definition) is 1. The molecule has 3 rings (SSSR count). The lowest BCUT2D eigenvalue weighted by atomic mass is 9.91. The second kappa shape index (κ2) is 11.9. The SMILES string of the molecule is CCc1cc(C(F)(C(F)(F)F)C(F)(F)F)cc(Br)c1NC(=O)c1cccc(N(CC)C(=O)c2ccc(C#N)cc2)c1. The first-order valence-corrected chi connectivity index (χ1v) is 12.8. The molecule has 5 nitrogen and oxygen atoms in total. The Morgan fingerprint density at radius 1 is 0.902 bits per heavy atom. The van der Waals surface area contributed by atoms with Crippen molar-refractivity contribution in [3.8, 4) is 6.07 Å². The number of rotatable bonds is 7. The van der Waals surface area contributed by atoms with E-state index in [2.05, 4.69) is 21.2 Å². The molecule has 0 unspecified atom stereocenters. The zero-order chi connectivity index (χ0) is 30.8. The number of carbonyl (C=O) groups excluding carboxylic acids is 2.